The summed E-state index contributed by atoms with van der Waals surface area (Å²) in [7, 11) is 0. The van der Waals surface area contributed by atoms with Crippen molar-refractivity contribution in [1.29, 1.82) is 0 Å². The third-order valence-corrected chi connectivity index (χ3v) is 6.02. The summed E-state index contributed by atoms with van der Waals surface area (Å²) in [5.41, 5.74) is 1.14. The zero-order chi connectivity index (χ0) is 18.2. The summed E-state index contributed by atoms with van der Waals surface area (Å²) in [6.07, 6.45) is 7.90. The van der Waals surface area contributed by atoms with E-state index in [0.717, 1.165) is 54.0 Å². The fourth-order valence-corrected chi connectivity index (χ4v) is 4.34. The maximum absolute atomic E-state index is 6.06. The third-order valence-electron chi connectivity index (χ3n) is 5.78. The predicted octanol–water partition coefficient (Wildman–Crippen LogP) is 4.42. The quantitative estimate of drug-likeness (QED) is 0.817. The Morgan fingerprint density at radius 2 is 2.07 bits per heavy atom. The number of hydrogen-bond donors (Lipinski definition) is 1. The van der Waals surface area contributed by atoms with E-state index in [0.29, 0.717) is 6.01 Å². The van der Waals surface area contributed by atoms with Gasteiger partial charge in [-0.05, 0) is 68.3 Å². The smallest absolute Gasteiger partial charge is 0.318 e. The highest BCUT2D eigenvalue weighted by molar-refractivity contribution is 6.30. The highest BCUT2D eigenvalue weighted by Crippen LogP contribution is 2.37. The highest BCUT2D eigenvalue weighted by Gasteiger charge is 2.33. The van der Waals surface area contributed by atoms with Gasteiger partial charge in [-0.1, -0.05) is 23.1 Å². The van der Waals surface area contributed by atoms with Crippen molar-refractivity contribution in [3.8, 4) is 5.75 Å². The summed E-state index contributed by atoms with van der Waals surface area (Å²) in [6, 6.07) is 6.45. The van der Waals surface area contributed by atoms with Crippen LogP contribution in [-0.4, -0.2) is 34.4 Å². The van der Waals surface area contributed by atoms with E-state index in [1.165, 1.54) is 32.2 Å². The van der Waals surface area contributed by atoms with Crippen LogP contribution in [0.15, 0.2) is 22.6 Å². The van der Waals surface area contributed by atoms with E-state index in [1.807, 2.05) is 18.2 Å². The fraction of sp³-hybridized carbons (Fsp3) is 0.600. The first-order valence-corrected chi connectivity index (χ1v) is 10.4. The number of ether oxygens (including phenoxy) is 1. The van der Waals surface area contributed by atoms with Gasteiger partial charge >= 0.3 is 6.01 Å². The van der Waals surface area contributed by atoms with Crippen molar-refractivity contribution in [3.05, 3.63) is 34.7 Å². The molecule has 2 fully saturated rings. The maximum Gasteiger partial charge on any atom is 0.318 e. The fourth-order valence-electron chi connectivity index (χ4n) is 4.15. The van der Waals surface area contributed by atoms with E-state index in [1.54, 1.807) is 0 Å². The molecule has 6 nitrogen and oxygen atoms in total. The molecule has 3 heterocycles. The highest BCUT2D eigenvalue weighted by atomic mass is 35.5. The number of nitrogens with zero attached hydrogens (tertiary/aromatic N) is 3. The Bertz CT molecular complexity index is 807. The number of halogens is 1. The topological polar surface area (TPSA) is 63.4 Å². The van der Waals surface area contributed by atoms with E-state index >= 15 is 0 Å². The second kappa shape index (κ2) is 7.32. The summed E-state index contributed by atoms with van der Waals surface area (Å²) in [5.74, 6) is 2.47. The first-order chi connectivity index (χ1) is 13.2. The van der Waals surface area contributed by atoms with Crippen LogP contribution in [0.1, 0.15) is 56.0 Å². The third kappa shape index (κ3) is 3.92. The zero-order valence-electron chi connectivity index (χ0n) is 15.4. The van der Waals surface area contributed by atoms with Crippen molar-refractivity contribution in [1.82, 2.24) is 15.1 Å². The minimum Gasteiger partial charge on any atom is -0.470 e. The van der Waals surface area contributed by atoms with Gasteiger partial charge in [0.25, 0.3) is 0 Å². The molecule has 1 aromatic carbocycles. The van der Waals surface area contributed by atoms with Crippen LogP contribution in [0.5, 0.6) is 5.75 Å². The van der Waals surface area contributed by atoms with E-state index in [-0.39, 0.29) is 12.3 Å². The van der Waals surface area contributed by atoms with Crippen molar-refractivity contribution in [2.45, 2.75) is 57.2 Å². The maximum atomic E-state index is 6.06. The average molecular weight is 389 g/mol. The van der Waals surface area contributed by atoms with Gasteiger partial charge in [0.15, 0.2) is 6.23 Å². The number of aryl methyl sites for hydroxylation is 1. The van der Waals surface area contributed by atoms with Crippen LogP contribution in [0.2, 0.25) is 5.02 Å². The molecule has 0 spiro atoms. The molecule has 0 bridgehead atoms. The molecule has 1 saturated carbocycles. The molecule has 1 N–H and O–H groups in total. The van der Waals surface area contributed by atoms with E-state index in [4.69, 9.17) is 20.8 Å². The van der Waals surface area contributed by atoms with Crippen LogP contribution in [-0.2, 0) is 6.42 Å². The number of likely N-dealkylation sites (tertiary alicyclic amines) is 1. The molecule has 2 aliphatic heterocycles. The summed E-state index contributed by atoms with van der Waals surface area (Å²) in [4.78, 5) is 2.54. The van der Waals surface area contributed by atoms with Crippen LogP contribution < -0.4 is 10.1 Å². The standard InChI is InChI=1S/C20H25ClN4O2/c21-15-7-8-17-14(11-15)6-9-18(26-17)22-20-24-23-19(27-20)16-3-1-2-10-25(16)12-13-4-5-13/h7-8,11,13,16,18H,1-6,9-10,12H2,(H,22,24). The lowest BCUT2D eigenvalue weighted by Gasteiger charge is -2.33. The van der Waals surface area contributed by atoms with Gasteiger partial charge < -0.3 is 14.5 Å². The Labute approximate surface area is 164 Å². The van der Waals surface area contributed by atoms with Crippen molar-refractivity contribution < 1.29 is 9.15 Å². The monoisotopic (exact) mass is 388 g/mol. The van der Waals surface area contributed by atoms with Crippen LogP contribution in [0.3, 0.4) is 0 Å². The Morgan fingerprint density at radius 3 is 2.96 bits per heavy atom. The Morgan fingerprint density at radius 1 is 1.15 bits per heavy atom. The molecule has 7 heteroatoms. The zero-order valence-corrected chi connectivity index (χ0v) is 16.1. The lowest BCUT2D eigenvalue weighted by Crippen LogP contribution is -2.35. The number of benzene rings is 1. The van der Waals surface area contributed by atoms with Gasteiger partial charge in [0.2, 0.25) is 5.89 Å². The van der Waals surface area contributed by atoms with Crippen molar-refractivity contribution in [3.63, 3.8) is 0 Å². The minimum absolute atomic E-state index is 0.166. The molecule has 2 unspecified atom stereocenters. The molecule has 0 amide bonds. The van der Waals surface area contributed by atoms with Gasteiger partial charge in [0.1, 0.15) is 5.75 Å². The van der Waals surface area contributed by atoms with Crippen molar-refractivity contribution in [2.75, 3.05) is 18.4 Å². The largest absolute Gasteiger partial charge is 0.470 e. The van der Waals surface area contributed by atoms with Crippen molar-refractivity contribution in [2.24, 2.45) is 5.92 Å². The summed E-state index contributed by atoms with van der Waals surface area (Å²) in [5, 5.41) is 12.6. The summed E-state index contributed by atoms with van der Waals surface area (Å²) >= 11 is 6.06. The van der Waals surface area contributed by atoms with Gasteiger partial charge in [-0.15, -0.1) is 5.10 Å². The van der Waals surface area contributed by atoms with Gasteiger partial charge in [0.05, 0.1) is 6.04 Å². The number of anilines is 1. The minimum atomic E-state index is -0.166. The van der Waals surface area contributed by atoms with Gasteiger partial charge in [-0.3, -0.25) is 4.90 Å². The molecule has 27 heavy (non-hydrogen) atoms. The molecule has 1 aliphatic carbocycles. The number of piperidine rings is 1. The van der Waals surface area contributed by atoms with E-state index in [9.17, 15) is 0 Å². The average Bonchev–Trinajstić information content (AvgIpc) is 3.38. The second-order valence-electron chi connectivity index (χ2n) is 7.94. The Hall–Kier alpha value is -1.79. The molecule has 0 radical (unpaired) electrons. The Balaban J connectivity index is 1.24. The number of nitrogens with one attached hydrogen (secondary N) is 1. The number of fused-ring (bicyclic) bond motifs is 1. The molecule has 144 valence electrons. The lowest BCUT2D eigenvalue weighted by molar-refractivity contribution is 0.120. The molecule has 2 aromatic rings. The Kier molecular flexibility index (Phi) is 4.70. The molecule has 1 saturated heterocycles. The first-order valence-electron chi connectivity index (χ1n) is 10.0. The summed E-state index contributed by atoms with van der Waals surface area (Å²) < 4.78 is 12.0. The number of aromatic nitrogens is 2. The van der Waals surface area contributed by atoms with Crippen LogP contribution in [0.4, 0.5) is 6.01 Å². The normalized spacial score (nSPS) is 25.7. The number of hydrogen-bond acceptors (Lipinski definition) is 6. The van der Waals surface area contributed by atoms with Crippen molar-refractivity contribution >= 4 is 17.6 Å². The van der Waals surface area contributed by atoms with Crippen LogP contribution >= 0.6 is 11.6 Å². The predicted molar refractivity (Wildman–Crippen MR) is 103 cm³/mol. The van der Waals surface area contributed by atoms with Gasteiger partial charge in [-0.25, -0.2) is 0 Å². The van der Waals surface area contributed by atoms with Gasteiger partial charge in [0, 0.05) is 18.0 Å². The first kappa shape index (κ1) is 17.3. The van der Waals surface area contributed by atoms with E-state index < -0.39 is 0 Å². The SMILES string of the molecule is Clc1ccc2c(c1)CCC(Nc1nnc(C3CCCCN3CC3CC3)o1)O2. The second-order valence-corrected chi connectivity index (χ2v) is 8.37. The molecule has 1 aromatic heterocycles. The molecule has 3 aliphatic rings. The van der Waals surface area contributed by atoms with Crippen LogP contribution in [0, 0.1) is 5.92 Å². The lowest BCUT2D eigenvalue weighted by atomic mass is 10.0. The number of rotatable bonds is 5. The molecule has 5 rings (SSSR count). The molecular weight excluding hydrogens is 364 g/mol. The van der Waals surface area contributed by atoms with Gasteiger partial charge in [-0.2, -0.15) is 0 Å². The summed E-state index contributed by atoms with van der Waals surface area (Å²) in [6.45, 7) is 2.30. The van der Waals surface area contributed by atoms with Crippen LogP contribution in [0.25, 0.3) is 0 Å². The van der Waals surface area contributed by atoms with E-state index in [2.05, 4.69) is 20.4 Å². The molecule has 2 atom stereocenters. The molecular formula is C20H25ClN4O2.